The molecule has 4 aromatic rings. The number of hydrogen-bond acceptors (Lipinski definition) is 4. The molecule has 0 heterocycles. The number of amides is 2. The van der Waals surface area contributed by atoms with Crippen LogP contribution in [0.3, 0.4) is 0 Å². The van der Waals surface area contributed by atoms with Crippen molar-refractivity contribution in [3.05, 3.63) is 129 Å². The Morgan fingerprint density at radius 3 is 2.22 bits per heavy atom. The van der Waals surface area contributed by atoms with Crippen LogP contribution in [-0.2, 0) is 32.6 Å². The van der Waals surface area contributed by atoms with E-state index in [1.165, 1.54) is 17.0 Å². The fourth-order valence-electron chi connectivity index (χ4n) is 5.84. The van der Waals surface area contributed by atoms with E-state index in [2.05, 4.69) is 21.2 Å². The highest BCUT2D eigenvalue weighted by Crippen LogP contribution is 2.30. The highest BCUT2D eigenvalue weighted by molar-refractivity contribution is 9.10. The highest BCUT2D eigenvalue weighted by Gasteiger charge is 2.36. The molecule has 10 heteroatoms. The van der Waals surface area contributed by atoms with Crippen molar-refractivity contribution < 1.29 is 18.0 Å². The number of sulfonamides is 1. The molecule has 46 heavy (non-hydrogen) atoms. The first-order valence-corrected chi connectivity index (χ1v) is 17.9. The summed E-state index contributed by atoms with van der Waals surface area (Å²) in [5, 5.41) is 3.54. The Labute approximate surface area is 284 Å². The Morgan fingerprint density at radius 1 is 0.891 bits per heavy atom. The highest BCUT2D eigenvalue weighted by atomic mass is 79.9. The second-order valence-corrected chi connectivity index (χ2v) is 14.8. The molecular formula is C36H37BrClN3O4S. The molecule has 1 aliphatic carbocycles. The summed E-state index contributed by atoms with van der Waals surface area (Å²) in [5.41, 5.74) is 2.61. The van der Waals surface area contributed by atoms with E-state index in [9.17, 15) is 18.0 Å². The fraction of sp³-hybridized carbons (Fsp3) is 0.278. The first-order valence-electron chi connectivity index (χ1n) is 15.3. The molecular weight excluding hydrogens is 686 g/mol. The molecule has 4 aromatic carbocycles. The number of benzene rings is 4. The third-order valence-corrected chi connectivity index (χ3v) is 10.8. The van der Waals surface area contributed by atoms with E-state index in [-0.39, 0.29) is 29.8 Å². The number of nitrogens with zero attached hydrogens (tertiary/aromatic N) is 2. The Hall–Kier alpha value is -3.66. The maximum Gasteiger partial charge on any atom is 0.264 e. The molecule has 7 nitrogen and oxygen atoms in total. The summed E-state index contributed by atoms with van der Waals surface area (Å²) < 4.78 is 30.4. The van der Waals surface area contributed by atoms with E-state index in [1.54, 1.807) is 43.3 Å². The molecule has 2 amide bonds. The third-order valence-electron chi connectivity index (χ3n) is 8.26. The third kappa shape index (κ3) is 8.37. The van der Waals surface area contributed by atoms with Gasteiger partial charge >= 0.3 is 0 Å². The van der Waals surface area contributed by atoms with Crippen LogP contribution in [0.5, 0.6) is 0 Å². The van der Waals surface area contributed by atoms with E-state index < -0.39 is 28.5 Å². The Balaban J connectivity index is 1.58. The average molecular weight is 723 g/mol. The van der Waals surface area contributed by atoms with Gasteiger partial charge in [-0.05, 0) is 72.9 Å². The van der Waals surface area contributed by atoms with Gasteiger partial charge in [0.1, 0.15) is 12.6 Å². The molecule has 0 aliphatic heterocycles. The van der Waals surface area contributed by atoms with Crippen molar-refractivity contribution in [3.8, 4) is 0 Å². The van der Waals surface area contributed by atoms with Crippen LogP contribution in [0.25, 0.3) is 0 Å². The van der Waals surface area contributed by atoms with Crippen molar-refractivity contribution in [3.63, 3.8) is 0 Å². The second kappa shape index (κ2) is 15.3. The second-order valence-electron chi connectivity index (χ2n) is 11.6. The van der Waals surface area contributed by atoms with Crippen LogP contribution in [0.15, 0.2) is 112 Å². The van der Waals surface area contributed by atoms with Crippen molar-refractivity contribution in [1.82, 2.24) is 10.2 Å². The molecule has 5 rings (SSSR count). The number of halogens is 2. The zero-order chi connectivity index (χ0) is 32.7. The first-order chi connectivity index (χ1) is 22.1. The van der Waals surface area contributed by atoms with E-state index in [0.29, 0.717) is 16.3 Å². The zero-order valence-electron chi connectivity index (χ0n) is 25.6. The minimum Gasteiger partial charge on any atom is -0.352 e. The average Bonchev–Trinajstić information content (AvgIpc) is 3.56. The smallest absolute Gasteiger partial charge is 0.264 e. The Morgan fingerprint density at radius 2 is 1.54 bits per heavy atom. The van der Waals surface area contributed by atoms with Crippen molar-refractivity contribution in [2.45, 2.75) is 62.6 Å². The molecule has 1 saturated carbocycles. The standard InChI is InChI=1S/C36H37BrClN3O4S/c1-26-19-20-30(38)23-33(26)41(46(44,45)32-17-6-3-7-18-32)25-35(42)40(24-28-13-10-14-29(37)21-28)34(22-27-11-4-2-5-12-27)36(43)39-31-15-8-9-16-31/h2-7,10-14,17-21,23,31,34H,8-9,15-16,22,24-25H2,1H3,(H,39,43)/t34-/m1/s1. The van der Waals surface area contributed by atoms with Gasteiger partial charge in [0, 0.05) is 28.5 Å². The molecule has 0 radical (unpaired) electrons. The van der Waals surface area contributed by atoms with Crippen LogP contribution in [0.1, 0.15) is 42.4 Å². The fourth-order valence-corrected chi connectivity index (χ4v) is 7.94. The normalized spacial score (nSPS) is 14.1. The minimum absolute atomic E-state index is 0.0395. The van der Waals surface area contributed by atoms with Gasteiger partial charge in [-0.1, -0.05) is 107 Å². The Bertz CT molecular complexity index is 1770. The lowest BCUT2D eigenvalue weighted by Crippen LogP contribution is -2.54. The predicted molar refractivity (Wildman–Crippen MR) is 186 cm³/mol. The number of aryl methyl sites for hydroxylation is 1. The molecule has 0 unspecified atom stereocenters. The van der Waals surface area contributed by atoms with Gasteiger partial charge < -0.3 is 10.2 Å². The van der Waals surface area contributed by atoms with Gasteiger partial charge in [-0.25, -0.2) is 8.42 Å². The molecule has 1 N–H and O–H groups in total. The van der Waals surface area contributed by atoms with Crippen LogP contribution >= 0.6 is 27.5 Å². The summed E-state index contributed by atoms with van der Waals surface area (Å²) in [7, 11) is -4.21. The topological polar surface area (TPSA) is 86.8 Å². The van der Waals surface area contributed by atoms with Crippen molar-refractivity contribution in [1.29, 1.82) is 0 Å². The van der Waals surface area contributed by atoms with Gasteiger partial charge in [0.2, 0.25) is 11.8 Å². The first kappa shape index (κ1) is 33.7. The van der Waals surface area contributed by atoms with Crippen molar-refractivity contribution in [2.75, 3.05) is 10.8 Å². The lowest BCUT2D eigenvalue weighted by atomic mass is 10.0. The maximum absolute atomic E-state index is 14.7. The quantitative estimate of drug-likeness (QED) is 0.166. The van der Waals surface area contributed by atoms with Crippen LogP contribution in [-0.4, -0.2) is 43.8 Å². The van der Waals surface area contributed by atoms with Gasteiger partial charge in [-0.2, -0.15) is 0 Å². The summed E-state index contributed by atoms with van der Waals surface area (Å²) in [6.45, 7) is 1.34. The Kier molecular flexibility index (Phi) is 11.2. The number of nitrogens with one attached hydrogen (secondary N) is 1. The minimum atomic E-state index is -4.21. The molecule has 240 valence electrons. The summed E-state index contributed by atoms with van der Waals surface area (Å²) in [6, 6.07) is 29.2. The van der Waals surface area contributed by atoms with Crippen LogP contribution in [0.2, 0.25) is 5.02 Å². The number of hydrogen-bond donors (Lipinski definition) is 1. The van der Waals surface area contributed by atoms with Gasteiger partial charge in [0.15, 0.2) is 0 Å². The number of rotatable bonds is 12. The molecule has 0 spiro atoms. The molecule has 1 aliphatic rings. The van der Waals surface area contributed by atoms with Gasteiger partial charge in [0.25, 0.3) is 10.0 Å². The maximum atomic E-state index is 14.7. The van der Waals surface area contributed by atoms with E-state index in [1.807, 2.05) is 54.6 Å². The van der Waals surface area contributed by atoms with Crippen molar-refractivity contribution >= 4 is 55.1 Å². The summed E-state index contributed by atoms with van der Waals surface area (Å²) in [6.07, 6.45) is 4.13. The number of carbonyl (C=O) groups is 2. The monoisotopic (exact) mass is 721 g/mol. The predicted octanol–water partition coefficient (Wildman–Crippen LogP) is 7.31. The number of anilines is 1. The van der Waals surface area contributed by atoms with Gasteiger partial charge in [-0.15, -0.1) is 0 Å². The van der Waals surface area contributed by atoms with E-state index in [4.69, 9.17) is 11.6 Å². The summed E-state index contributed by atoms with van der Waals surface area (Å²) in [4.78, 5) is 30.3. The van der Waals surface area contributed by atoms with E-state index in [0.717, 1.165) is 45.6 Å². The van der Waals surface area contributed by atoms with Crippen molar-refractivity contribution in [2.24, 2.45) is 0 Å². The summed E-state index contributed by atoms with van der Waals surface area (Å²) in [5.74, 6) is -0.767. The molecule has 0 saturated heterocycles. The number of carbonyl (C=O) groups excluding carboxylic acids is 2. The lowest BCUT2D eigenvalue weighted by Gasteiger charge is -2.34. The molecule has 0 aromatic heterocycles. The zero-order valence-corrected chi connectivity index (χ0v) is 28.8. The summed E-state index contributed by atoms with van der Waals surface area (Å²) >= 11 is 9.89. The van der Waals surface area contributed by atoms with Crippen LogP contribution in [0.4, 0.5) is 5.69 Å². The van der Waals surface area contributed by atoms with Gasteiger partial charge in [-0.3, -0.25) is 13.9 Å². The van der Waals surface area contributed by atoms with Crippen LogP contribution in [0, 0.1) is 6.92 Å². The molecule has 1 fully saturated rings. The molecule has 0 bridgehead atoms. The largest absolute Gasteiger partial charge is 0.352 e. The van der Waals surface area contributed by atoms with E-state index >= 15 is 0 Å². The van der Waals surface area contributed by atoms with Gasteiger partial charge in [0.05, 0.1) is 10.6 Å². The SMILES string of the molecule is Cc1ccc(Cl)cc1N(CC(=O)N(Cc1cccc(Br)c1)[C@H](Cc1ccccc1)C(=O)NC1CCCC1)S(=O)(=O)c1ccccc1. The molecule has 1 atom stereocenters. The lowest BCUT2D eigenvalue weighted by molar-refractivity contribution is -0.140. The van der Waals surface area contributed by atoms with Crippen LogP contribution < -0.4 is 9.62 Å².